The second-order valence-corrected chi connectivity index (χ2v) is 9.80. The quantitative estimate of drug-likeness (QED) is 0.142. The molecule has 0 spiro atoms. The Morgan fingerprint density at radius 2 is 1.10 bits per heavy atom. The van der Waals surface area contributed by atoms with Gasteiger partial charge in [-0.3, -0.25) is 0 Å². The van der Waals surface area contributed by atoms with Gasteiger partial charge in [-0.15, -0.1) is 0 Å². The van der Waals surface area contributed by atoms with Gasteiger partial charge in [0.1, 0.15) is 5.75 Å². The number of rotatable bonds is 18. The van der Waals surface area contributed by atoms with Crippen molar-refractivity contribution >= 4 is 39.7 Å². The van der Waals surface area contributed by atoms with E-state index in [4.69, 9.17) is 4.18 Å². The summed E-state index contributed by atoms with van der Waals surface area (Å²) in [4.78, 5) is 0. The third kappa shape index (κ3) is 14.6. The Bertz CT molecular complexity index is 575. The maximum atomic E-state index is 12.8. The average Bonchev–Trinajstić information content (AvgIpc) is 2.68. The van der Waals surface area contributed by atoms with Gasteiger partial charge in [-0.2, -0.15) is 8.42 Å². The molecule has 1 aromatic carbocycles. The molecule has 0 aliphatic heterocycles. The topological polar surface area (TPSA) is 43.4 Å². The van der Waals surface area contributed by atoms with Crippen LogP contribution in [0.3, 0.4) is 0 Å². The van der Waals surface area contributed by atoms with Gasteiger partial charge < -0.3 is 4.18 Å². The minimum atomic E-state index is -3.57. The van der Waals surface area contributed by atoms with Crippen LogP contribution in [-0.2, 0) is 10.1 Å². The fourth-order valence-electron chi connectivity index (χ4n) is 3.59. The Labute approximate surface area is 202 Å². The predicted octanol–water partition coefficient (Wildman–Crippen LogP) is 7.01. The number of hydrogen-bond acceptors (Lipinski definition) is 3. The fourth-order valence-corrected chi connectivity index (χ4v) is 5.02. The van der Waals surface area contributed by atoms with Crippen LogP contribution < -0.4 is 4.18 Å². The average molecular weight is 435 g/mol. The molecule has 0 heterocycles. The molecule has 164 valence electrons. The van der Waals surface area contributed by atoms with Crippen molar-refractivity contribution in [2.75, 3.05) is 0 Å². The van der Waals surface area contributed by atoms with E-state index < -0.39 is 10.1 Å². The van der Waals surface area contributed by atoms with E-state index >= 15 is 0 Å². The zero-order valence-electron chi connectivity index (χ0n) is 18.2. The molecule has 1 aromatic rings. The third-order valence-corrected chi connectivity index (χ3v) is 7.09. The molecular formula is C24H43NaO3S. The van der Waals surface area contributed by atoms with E-state index in [1.165, 1.54) is 51.4 Å². The molecule has 0 saturated heterocycles. The summed E-state index contributed by atoms with van der Waals surface area (Å²) in [6.07, 6.45) is 17.1. The van der Waals surface area contributed by atoms with Crippen LogP contribution in [0.5, 0.6) is 5.75 Å². The van der Waals surface area contributed by atoms with Crippen molar-refractivity contribution in [3.8, 4) is 5.75 Å². The monoisotopic (exact) mass is 434 g/mol. The standard InChI is InChI=1S/C24H42O3S.Na.H/c1-3-5-7-9-10-11-12-13-18-22-24(21-17-8-6-4-2)28(25,26)27-23-19-15-14-16-20-23;;/h14-16,19-20,24H,3-13,17-18,21-22H2,1-2H3;;. The van der Waals surface area contributed by atoms with Gasteiger partial charge >= 0.3 is 39.7 Å². The number of benzene rings is 1. The molecule has 0 aliphatic rings. The van der Waals surface area contributed by atoms with Gasteiger partial charge in [0.15, 0.2) is 0 Å². The first kappa shape index (κ1) is 29.0. The summed E-state index contributed by atoms with van der Waals surface area (Å²) < 4.78 is 31.0. The Morgan fingerprint density at radius 1 is 0.690 bits per heavy atom. The van der Waals surface area contributed by atoms with Gasteiger partial charge in [0.05, 0.1) is 5.25 Å². The first-order valence-electron chi connectivity index (χ1n) is 11.6. The number of hydrogen-bond donors (Lipinski definition) is 0. The van der Waals surface area contributed by atoms with Gasteiger partial charge in [-0.25, -0.2) is 0 Å². The van der Waals surface area contributed by atoms with Gasteiger partial charge in [0, 0.05) is 0 Å². The molecule has 0 radical (unpaired) electrons. The molecule has 1 unspecified atom stereocenters. The van der Waals surface area contributed by atoms with Crippen LogP contribution >= 0.6 is 0 Å². The van der Waals surface area contributed by atoms with Gasteiger partial charge in [-0.1, -0.05) is 116 Å². The van der Waals surface area contributed by atoms with Crippen molar-refractivity contribution in [3.05, 3.63) is 30.3 Å². The summed E-state index contributed by atoms with van der Waals surface area (Å²) in [5.41, 5.74) is 0. The normalized spacial score (nSPS) is 12.3. The second kappa shape index (κ2) is 18.7. The first-order valence-corrected chi connectivity index (χ1v) is 13.1. The molecule has 0 aliphatic carbocycles. The summed E-state index contributed by atoms with van der Waals surface area (Å²) in [6, 6.07) is 8.90. The molecule has 0 bridgehead atoms. The first-order chi connectivity index (χ1) is 13.6. The van der Waals surface area contributed by atoms with E-state index in [1.54, 1.807) is 12.1 Å². The Kier molecular flexibility index (Phi) is 18.7. The van der Waals surface area contributed by atoms with Crippen LogP contribution in [0.1, 0.15) is 110 Å². The van der Waals surface area contributed by atoms with E-state index in [0.29, 0.717) is 12.2 Å². The van der Waals surface area contributed by atoms with E-state index in [0.717, 1.165) is 38.5 Å². The summed E-state index contributed by atoms with van der Waals surface area (Å²) in [6.45, 7) is 4.42. The fraction of sp³-hybridized carbons (Fsp3) is 0.750. The Morgan fingerprint density at radius 3 is 1.59 bits per heavy atom. The van der Waals surface area contributed by atoms with E-state index in [1.807, 2.05) is 18.2 Å². The molecule has 0 fully saturated rings. The minimum absolute atomic E-state index is 0. The van der Waals surface area contributed by atoms with E-state index in [9.17, 15) is 8.42 Å². The zero-order valence-corrected chi connectivity index (χ0v) is 19.0. The Hall–Kier alpha value is -0.0300. The molecule has 1 rings (SSSR count). The van der Waals surface area contributed by atoms with Crippen molar-refractivity contribution in [3.63, 3.8) is 0 Å². The Balaban J connectivity index is 0.00000784. The van der Waals surface area contributed by atoms with Crippen LogP contribution in [0.4, 0.5) is 0 Å². The van der Waals surface area contributed by atoms with Crippen molar-refractivity contribution in [2.24, 2.45) is 0 Å². The van der Waals surface area contributed by atoms with Crippen molar-refractivity contribution in [1.29, 1.82) is 0 Å². The van der Waals surface area contributed by atoms with Crippen LogP contribution in [0.2, 0.25) is 0 Å². The van der Waals surface area contributed by atoms with Gasteiger partial charge in [0.2, 0.25) is 0 Å². The van der Waals surface area contributed by atoms with E-state index in [2.05, 4.69) is 13.8 Å². The molecule has 3 nitrogen and oxygen atoms in total. The predicted molar refractivity (Wildman–Crippen MR) is 128 cm³/mol. The van der Waals surface area contributed by atoms with Crippen LogP contribution in [-0.4, -0.2) is 43.2 Å². The van der Waals surface area contributed by atoms with Crippen molar-refractivity contribution in [1.82, 2.24) is 0 Å². The summed E-state index contributed by atoms with van der Waals surface area (Å²) >= 11 is 0. The molecule has 29 heavy (non-hydrogen) atoms. The SMILES string of the molecule is CCCCCCCCCCCC(CCCCCC)S(=O)(=O)Oc1ccccc1.[NaH]. The summed E-state index contributed by atoms with van der Waals surface area (Å²) in [5, 5.41) is -0.380. The molecule has 0 N–H and O–H groups in total. The zero-order chi connectivity index (χ0) is 20.5. The van der Waals surface area contributed by atoms with Crippen LogP contribution in [0.25, 0.3) is 0 Å². The second-order valence-electron chi connectivity index (χ2n) is 7.98. The molecule has 0 saturated carbocycles. The van der Waals surface area contributed by atoms with Gasteiger partial charge in [0.25, 0.3) is 0 Å². The summed E-state index contributed by atoms with van der Waals surface area (Å²) in [7, 11) is -3.57. The van der Waals surface area contributed by atoms with Crippen LogP contribution in [0, 0.1) is 0 Å². The molecule has 0 aromatic heterocycles. The van der Waals surface area contributed by atoms with Gasteiger partial charge in [-0.05, 0) is 25.0 Å². The molecule has 0 amide bonds. The summed E-state index contributed by atoms with van der Waals surface area (Å²) in [5.74, 6) is 0.424. The molecular weight excluding hydrogens is 391 g/mol. The maximum absolute atomic E-state index is 12.8. The number of unbranched alkanes of at least 4 members (excludes halogenated alkanes) is 11. The van der Waals surface area contributed by atoms with Crippen molar-refractivity contribution in [2.45, 2.75) is 115 Å². The third-order valence-electron chi connectivity index (χ3n) is 5.37. The van der Waals surface area contributed by atoms with E-state index in [-0.39, 0.29) is 34.8 Å². The molecule has 1 atom stereocenters. The number of para-hydroxylation sites is 1. The van der Waals surface area contributed by atoms with Crippen LogP contribution in [0.15, 0.2) is 30.3 Å². The molecule has 5 heteroatoms. The van der Waals surface area contributed by atoms with Crippen molar-refractivity contribution < 1.29 is 12.6 Å².